The molecule has 0 heterocycles. The molecule has 0 saturated heterocycles. The van der Waals surface area contributed by atoms with Crippen LogP contribution in [0, 0.1) is 17.2 Å². The molecule has 0 amide bonds. The van der Waals surface area contributed by atoms with Crippen LogP contribution in [0.5, 0.6) is 5.75 Å². The van der Waals surface area contributed by atoms with Crippen molar-refractivity contribution in [2.45, 2.75) is 19.8 Å². The Hall–Kier alpha value is -1.49. The summed E-state index contributed by atoms with van der Waals surface area (Å²) in [6.07, 6.45) is 1.88. The first-order valence-electron chi connectivity index (χ1n) is 4.79. The predicted octanol–water partition coefficient (Wildman–Crippen LogP) is 2.79. The minimum absolute atomic E-state index is 0.136. The summed E-state index contributed by atoms with van der Waals surface area (Å²) in [5.41, 5.74) is 1.26. The molecule has 2 nitrogen and oxygen atoms in total. The van der Waals surface area contributed by atoms with Crippen LogP contribution in [0.3, 0.4) is 0 Å². The Balaban J connectivity index is 2.48. The first kappa shape index (κ1) is 10.6. The normalized spacial score (nSPS) is 11.8. The lowest BCUT2D eigenvalue weighted by Crippen LogP contribution is -1.94. The number of aryl methyl sites for hydroxylation is 1. The fourth-order valence-electron chi connectivity index (χ4n) is 1.24. The molecule has 0 aliphatic carbocycles. The third kappa shape index (κ3) is 3.10. The molecule has 14 heavy (non-hydrogen) atoms. The lowest BCUT2D eigenvalue weighted by Gasteiger charge is -2.04. The van der Waals surface area contributed by atoms with Gasteiger partial charge in [0.15, 0.2) is 0 Å². The predicted molar refractivity (Wildman–Crippen MR) is 56.1 cm³/mol. The van der Waals surface area contributed by atoms with E-state index in [0.29, 0.717) is 0 Å². The van der Waals surface area contributed by atoms with Crippen LogP contribution in [0.1, 0.15) is 18.9 Å². The van der Waals surface area contributed by atoms with Gasteiger partial charge in [0.05, 0.1) is 13.2 Å². The van der Waals surface area contributed by atoms with Crippen LogP contribution in [0.15, 0.2) is 24.3 Å². The Morgan fingerprint density at radius 3 is 2.50 bits per heavy atom. The van der Waals surface area contributed by atoms with Crippen LogP contribution < -0.4 is 4.74 Å². The van der Waals surface area contributed by atoms with Gasteiger partial charge >= 0.3 is 0 Å². The number of methoxy groups -OCH3 is 1. The SMILES string of the molecule is COc1ccc(CCC(C)C#N)cc1. The van der Waals surface area contributed by atoms with Crippen LogP contribution in [0.4, 0.5) is 0 Å². The molecule has 0 N–H and O–H groups in total. The smallest absolute Gasteiger partial charge is 0.118 e. The van der Waals surface area contributed by atoms with E-state index in [1.54, 1.807) is 7.11 Å². The van der Waals surface area contributed by atoms with Crippen LogP contribution in [0.25, 0.3) is 0 Å². The molecule has 74 valence electrons. The molecule has 0 radical (unpaired) electrons. The topological polar surface area (TPSA) is 33.0 Å². The average Bonchev–Trinajstić information content (AvgIpc) is 2.26. The molecule has 0 aliphatic heterocycles. The van der Waals surface area contributed by atoms with E-state index < -0.39 is 0 Å². The van der Waals surface area contributed by atoms with Gasteiger partial charge in [0.25, 0.3) is 0 Å². The van der Waals surface area contributed by atoms with Crippen LogP contribution in [-0.2, 0) is 6.42 Å². The zero-order valence-electron chi connectivity index (χ0n) is 8.66. The van der Waals surface area contributed by atoms with Gasteiger partial charge in [-0.1, -0.05) is 12.1 Å². The molecule has 0 aliphatic rings. The summed E-state index contributed by atoms with van der Waals surface area (Å²) in [4.78, 5) is 0. The highest BCUT2D eigenvalue weighted by molar-refractivity contribution is 5.27. The molecule has 0 fully saturated rings. The maximum atomic E-state index is 8.62. The second-order valence-electron chi connectivity index (χ2n) is 3.42. The van der Waals surface area contributed by atoms with Crippen molar-refractivity contribution in [2.75, 3.05) is 7.11 Å². The van der Waals surface area contributed by atoms with Crippen molar-refractivity contribution in [3.05, 3.63) is 29.8 Å². The molecule has 0 spiro atoms. The van der Waals surface area contributed by atoms with Crippen LogP contribution in [0.2, 0.25) is 0 Å². The number of benzene rings is 1. The van der Waals surface area contributed by atoms with Crippen molar-refractivity contribution >= 4 is 0 Å². The van der Waals surface area contributed by atoms with Crippen LogP contribution in [-0.4, -0.2) is 7.11 Å². The molecule has 1 aromatic carbocycles. The average molecular weight is 189 g/mol. The summed E-state index contributed by atoms with van der Waals surface area (Å²) >= 11 is 0. The van der Waals surface area contributed by atoms with Crippen LogP contribution >= 0.6 is 0 Å². The molecule has 1 atom stereocenters. The van der Waals surface area contributed by atoms with Crippen molar-refractivity contribution in [3.63, 3.8) is 0 Å². The minimum Gasteiger partial charge on any atom is -0.497 e. The van der Waals surface area contributed by atoms with Crippen molar-refractivity contribution < 1.29 is 4.74 Å². The van der Waals surface area contributed by atoms with Gasteiger partial charge in [-0.25, -0.2) is 0 Å². The monoisotopic (exact) mass is 189 g/mol. The maximum absolute atomic E-state index is 8.62. The lowest BCUT2D eigenvalue weighted by molar-refractivity contribution is 0.414. The second kappa shape index (κ2) is 5.29. The fourth-order valence-corrected chi connectivity index (χ4v) is 1.24. The van der Waals surface area contributed by atoms with Gasteiger partial charge in [0.2, 0.25) is 0 Å². The van der Waals surface area contributed by atoms with E-state index in [4.69, 9.17) is 10.00 Å². The van der Waals surface area contributed by atoms with Gasteiger partial charge in [-0.15, -0.1) is 0 Å². The second-order valence-corrected chi connectivity index (χ2v) is 3.42. The van der Waals surface area contributed by atoms with Gasteiger partial charge in [-0.2, -0.15) is 5.26 Å². The Kier molecular flexibility index (Phi) is 4.00. The van der Waals surface area contributed by atoms with Gasteiger partial charge < -0.3 is 4.74 Å². The third-order valence-electron chi connectivity index (χ3n) is 2.25. The number of nitriles is 1. The summed E-state index contributed by atoms with van der Waals surface area (Å²) < 4.78 is 5.06. The number of hydrogen-bond donors (Lipinski definition) is 0. The highest BCUT2D eigenvalue weighted by Crippen LogP contribution is 2.14. The zero-order chi connectivity index (χ0) is 10.4. The summed E-state index contributed by atoms with van der Waals surface area (Å²) in [5, 5.41) is 8.62. The summed E-state index contributed by atoms with van der Waals surface area (Å²) in [6.45, 7) is 1.95. The molecular weight excluding hydrogens is 174 g/mol. The Bertz CT molecular complexity index is 310. The standard InChI is InChI=1S/C12H15NO/c1-10(9-13)3-4-11-5-7-12(14-2)8-6-11/h5-8,10H,3-4H2,1-2H3. The Morgan fingerprint density at radius 2 is 2.00 bits per heavy atom. The maximum Gasteiger partial charge on any atom is 0.118 e. The zero-order valence-corrected chi connectivity index (χ0v) is 8.66. The van der Waals surface area contributed by atoms with Gasteiger partial charge in [0, 0.05) is 5.92 Å². The molecular formula is C12H15NO. The van der Waals surface area contributed by atoms with Crippen molar-refractivity contribution in [3.8, 4) is 11.8 Å². The molecule has 1 aromatic rings. The molecule has 2 heteroatoms. The molecule has 1 unspecified atom stereocenters. The lowest BCUT2D eigenvalue weighted by atomic mass is 10.0. The van der Waals surface area contributed by atoms with E-state index >= 15 is 0 Å². The highest BCUT2D eigenvalue weighted by atomic mass is 16.5. The van der Waals surface area contributed by atoms with Crippen molar-refractivity contribution in [2.24, 2.45) is 5.92 Å². The summed E-state index contributed by atoms with van der Waals surface area (Å²) in [5.74, 6) is 1.01. The van der Waals surface area contributed by atoms with E-state index in [9.17, 15) is 0 Å². The van der Waals surface area contributed by atoms with E-state index in [1.165, 1.54) is 5.56 Å². The minimum atomic E-state index is 0.136. The Morgan fingerprint density at radius 1 is 1.36 bits per heavy atom. The number of ether oxygens (including phenoxy) is 1. The van der Waals surface area contributed by atoms with E-state index in [-0.39, 0.29) is 5.92 Å². The third-order valence-corrected chi connectivity index (χ3v) is 2.25. The molecule has 0 saturated carbocycles. The highest BCUT2D eigenvalue weighted by Gasteiger charge is 2.00. The number of nitrogens with zero attached hydrogens (tertiary/aromatic N) is 1. The van der Waals surface area contributed by atoms with Crippen molar-refractivity contribution in [1.29, 1.82) is 5.26 Å². The van der Waals surface area contributed by atoms with E-state index in [0.717, 1.165) is 18.6 Å². The first-order valence-corrected chi connectivity index (χ1v) is 4.79. The molecule has 0 bridgehead atoms. The largest absolute Gasteiger partial charge is 0.497 e. The fraction of sp³-hybridized carbons (Fsp3) is 0.417. The van der Waals surface area contributed by atoms with Gasteiger partial charge in [0.1, 0.15) is 5.75 Å². The van der Waals surface area contributed by atoms with Gasteiger partial charge in [-0.3, -0.25) is 0 Å². The van der Waals surface area contributed by atoms with E-state index in [2.05, 4.69) is 6.07 Å². The molecule has 0 aromatic heterocycles. The van der Waals surface area contributed by atoms with Gasteiger partial charge in [-0.05, 0) is 37.5 Å². The quantitative estimate of drug-likeness (QED) is 0.729. The molecule has 1 rings (SSSR count). The number of rotatable bonds is 4. The summed E-state index contributed by atoms with van der Waals surface area (Å²) in [7, 11) is 1.66. The van der Waals surface area contributed by atoms with E-state index in [1.807, 2.05) is 31.2 Å². The first-order chi connectivity index (χ1) is 6.76. The number of hydrogen-bond acceptors (Lipinski definition) is 2. The Labute approximate surface area is 85.1 Å². The summed E-state index contributed by atoms with van der Waals surface area (Å²) in [6, 6.07) is 10.2. The van der Waals surface area contributed by atoms with Crippen molar-refractivity contribution in [1.82, 2.24) is 0 Å².